The van der Waals surface area contributed by atoms with Crippen molar-refractivity contribution >= 4 is 44.8 Å². The van der Waals surface area contributed by atoms with Crippen LogP contribution < -0.4 is 10.5 Å². The molecular weight excluding hydrogens is 500 g/mol. The van der Waals surface area contributed by atoms with Gasteiger partial charge in [0, 0.05) is 17.8 Å². The number of thiophene rings is 1. The number of ketones is 1. The zero-order valence-corrected chi connectivity index (χ0v) is 20.8. The number of nitrogens with one attached hydrogen (secondary N) is 1. The number of carbonyl (C=O) groups is 1. The first-order valence-corrected chi connectivity index (χ1v) is 13.9. The lowest BCUT2D eigenvalue weighted by atomic mass is 9.83. The van der Waals surface area contributed by atoms with Gasteiger partial charge in [0.15, 0.2) is 0 Å². The third kappa shape index (κ3) is 6.14. The van der Waals surface area contributed by atoms with Crippen molar-refractivity contribution < 1.29 is 22.5 Å². The fourth-order valence-electron chi connectivity index (χ4n) is 4.58. The first kappa shape index (κ1) is 25.1. The Bertz CT molecular complexity index is 1180. The molecule has 9 nitrogen and oxygen atoms in total. The van der Waals surface area contributed by atoms with Gasteiger partial charge in [-0.1, -0.05) is 30.9 Å². The zero-order chi connectivity index (χ0) is 24.3. The van der Waals surface area contributed by atoms with Crippen molar-refractivity contribution in [2.45, 2.75) is 63.5 Å². The molecule has 2 aliphatic carbocycles. The molecule has 1 unspecified atom stereocenters. The maximum atomic E-state index is 13.3. The van der Waals surface area contributed by atoms with Crippen LogP contribution in [-0.4, -0.2) is 35.3 Å². The minimum atomic E-state index is -4.04. The molecule has 2 aromatic heterocycles. The van der Waals surface area contributed by atoms with Gasteiger partial charge in [-0.25, -0.2) is 9.97 Å². The standard InChI is InChI=1S/C22H27ClN4O5S2/c23-21-16(19(28)14-4-2-1-3-5-14)9-18(33-21)20(29)17-10-25-12-26-22(17)27-15-7-6-13(8-15)11-32-34(24,30)31/h9-12,14-15,19,28H,1-8H2,(H2,24,30,31)(H,25,26,27)/b13-11+/t15-,19?/m0/s1. The fourth-order valence-corrected chi connectivity index (χ4v) is 6.15. The fraction of sp³-hybridized carbons (Fsp3) is 0.500. The Kier molecular flexibility index (Phi) is 7.88. The van der Waals surface area contributed by atoms with Crippen LogP contribution >= 0.6 is 22.9 Å². The molecule has 184 valence electrons. The number of carbonyl (C=O) groups excluding carboxylic acids is 1. The van der Waals surface area contributed by atoms with Gasteiger partial charge in [-0.05, 0) is 49.7 Å². The molecule has 0 aliphatic heterocycles. The monoisotopic (exact) mass is 526 g/mol. The van der Waals surface area contributed by atoms with E-state index in [1.54, 1.807) is 6.07 Å². The molecule has 0 bridgehead atoms. The second-order valence-electron chi connectivity index (χ2n) is 8.75. The first-order valence-electron chi connectivity index (χ1n) is 11.2. The lowest BCUT2D eigenvalue weighted by Gasteiger charge is -2.26. The molecule has 2 heterocycles. The average molecular weight is 527 g/mol. The predicted molar refractivity (Wildman–Crippen MR) is 130 cm³/mol. The van der Waals surface area contributed by atoms with Gasteiger partial charge in [-0.2, -0.15) is 13.6 Å². The van der Waals surface area contributed by atoms with Crippen LogP contribution in [0.25, 0.3) is 0 Å². The van der Waals surface area contributed by atoms with Gasteiger partial charge in [0.2, 0.25) is 5.78 Å². The minimum Gasteiger partial charge on any atom is -0.388 e. The van der Waals surface area contributed by atoms with Crippen LogP contribution in [0.3, 0.4) is 0 Å². The largest absolute Gasteiger partial charge is 0.388 e. The van der Waals surface area contributed by atoms with Crippen molar-refractivity contribution in [1.82, 2.24) is 9.97 Å². The van der Waals surface area contributed by atoms with Crippen molar-refractivity contribution in [3.8, 4) is 0 Å². The zero-order valence-electron chi connectivity index (χ0n) is 18.4. The number of aliphatic hydroxyl groups is 1. The van der Waals surface area contributed by atoms with Crippen LogP contribution in [0.4, 0.5) is 5.82 Å². The van der Waals surface area contributed by atoms with Crippen LogP contribution in [0.15, 0.2) is 30.4 Å². The summed E-state index contributed by atoms with van der Waals surface area (Å²) in [5, 5.41) is 19.0. The molecular formula is C22H27ClN4O5S2. The van der Waals surface area contributed by atoms with E-state index in [0.29, 0.717) is 45.4 Å². The number of rotatable bonds is 8. The van der Waals surface area contributed by atoms with Crippen molar-refractivity contribution in [3.05, 3.63) is 50.8 Å². The summed E-state index contributed by atoms with van der Waals surface area (Å²) in [5.74, 6) is 0.268. The van der Waals surface area contributed by atoms with E-state index in [9.17, 15) is 18.3 Å². The molecule has 0 spiro atoms. The Balaban J connectivity index is 1.48. The first-order chi connectivity index (χ1) is 16.2. The molecule has 2 aliphatic rings. The summed E-state index contributed by atoms with van der Waals surface area (Å²) in [5.41, 5.74) is 1.70. The van der Waals surface area contributed by atoms with Crippen LogP contribution in [0, 0.1) is 5.92 Å². The molecule has 2 fully saturated rings. The molecule has 2 atom stereocenters. The summed E-state index contributed by atoms with van der Waals surface area (Å²) in [6.07, 6.45) is 10.4. The molecule has 12 heteroatoms. The third-order valence-electron chi connectivity index (χ3n) is 6.32. The molecule has 2 aromatic rings. The van der Waals surface area contributed by atoms with Gasteiger partial charge in [0.1, 0.15) is 18.4 Å². The Morgan fingerprint density at radius 3 is 2.82 bits per heavy atom. The SMILES string of the molecule is NS(=O)(=O)O/C=C1\CC[C@H](Nc2ncncc2C(=O)c2cc(C(O)C3CCCCC3)c(Cl)s2)C1. The van der Waals surface area contributed by atoms with Crippen LogP contribution in [0.5, 0.6) is 0 Å². The van der Waals surface area contributed by atoms with E-state index < -0.39 is 16.4 Å². The highest BCUT2D eigenvalue weighted by atomic mass is 35.5. The summed E-state index contributed by atoms with van der Waals surface area (Å²) in [7, 11) is -4.04. The van der Waals surface area contributed by atoms with E-state index in [1.165, 1.54) is 18.9 Å². The van der Waals surface area contributed by atoms with Gasteiger partial charge in [-0.3, -0.25) is 4.79 Å². The number of nitrogens with two attached hydrogens (primary N) is 1. The van der Waals surface area contributed by atoms with Crippen molar-refractivity contribution in [1.29, 1.82) is 0 Å². The normalized spacial score (nSPS) is 21.5. The van der Waals surface area contributed by atoms with E-state index in [-0.39, 0.29) is 17.7 Å². The molecule has 0 amide bonds. The molecule has 0 radical (unpaired) electrons. The highest BCUT2D eigenvalue weighted by molar-refractivity contribution is 7.84. The summed E-state index contributed by atoms with van der Waals surface area (Å²) in [6.45, 7) is 0. The lowest BCUT2D eigenvalue weighted by molar-refractivity contribution is 0.0852. The van der Waals surface area contributed by atoms with Gasteiger partial charge in [0.25, 0.3) is 0 Å². The second kappa shape index (κ2) is 10.7. The summed E-state index contributed by atoms with van der Waals surface area (Å²) < 4.78 is 27.0. The van der Waals surface area contributed by atoms with Crippen LogP contribution in [0.1, 0.15) is 78.3 Å². The van der Waals surface area contributed by atoms with Crippen molar-refractivity contribution in [2.75, 3.05) is 5.32 Å². The van der Waals surface area contributed by atoms with Gasteiger partial charge in [0.05, 0.1) is 20.9 Å². The molecule has 2 saturated carbocycles. The van der Waals surface area contributed by atoms with E-state index >= 15 is 0 Å². The highest BCUT2D eigenvalue weighted by Crippen LogP contribution is 2.41. The molecule has 34 heavy (non-hydrogen) atoms. The molecule has 4 rings (SSSR count). The number of anilines is 1. The Morgan fingerprint density at radius 1 is 1.32 bits per heavy atom. The Labute approximate surface area is 207 Å². The third-order valence-corrected chi connectivity index (χ3v) is 8.07. The van der Waals surface area contributed by atoms with E-state index in [4.69, 9.17) is 16.7 Å². The van der Waals surface area contributed by atoms with Gasteiger partial charge < -0.3 is 14.6 Å². The van der Waals surface area contributed by atoms with E-state index in [2.05, 4.69) is 19.5 Å². The van der Waals surface area contributed by atoms with Crippen LogP contribution in [-0.2, 0) is 14.5 Å². The Morgan fingerprint density at radius 2 is 2.09 bits per heavy atom. The number of aromatic nitrogens is 2. The number of hydrogen-bond donors (Lipinski definition) is 3. The topological polar surface area (TPSA) is 144 Å². The lowest BCUT2D eigenvalue weighted by Crippen LogP contribution is -2.19. The smallest absolute Gasteiger partial charge is 0.379 e. The van der Waals surface area contributed by atoms with Gasteiger partial charge >= 0.3 is 10.3 Å². The highest BCUT2D eigenvalue weighted by Gasteiger charge is 2.29. The predicted octanol–water partition coefficient (Wildman–Crippen LogP) is 4.10. The van der Waals surface area contributed by atoms with Gasteiger partial charge in [-0.15, -0.1) is 11.3 Å². The van der Waals surface area contributed by atoms with Crippen molar-refractivity contribution in [3.63, 3.8) is 0 Å². The molecule has 4 N–H and O–H groups in total. The van der Waals surface area contributed by atoms with E-state index in [1.807, 2.05) is 0 Å². The second-order valence-corrected chi connectivity index (χ2v) is 11.6. The quantitative estimate of drug-likeness (QED) is 0.344. The molecule has 0 aromatic carbocycles. The number of hydrogen-bond acceptors (Lipinski definition) is 9. The average Bonchev–Trinajstić information content (AvgIpc) is 3.43. The van der Waals surface area contributed by atoms with Crippen molar-refractivity contribution in [2.24, 2.45) is 11.1 Å². The summed E-state index contributed by atoms with van der Waals surface area (Å²) >= 11 is 7.58. The maximum Gasteiger partial charge on any atom is 0.379 e. The van der Waals surface area contributed by atoms with Crippen LogP contribution in [0.2, 0.25) is 4.34 Å². The number of aliphatic hydroxyl groups excluding tert-OH is 1. The van der Waals surface area contributed by atoms with E-state index in [0.717, 1.165) is 48.9 Å². The number of halogens is 1. The summed E-state index contributed by atoms with van der Waals surface area (Å²) in [4.78, 5) is 22.0. The maximum absolute atomic E-state index is 13.3. The minimum absolute atomic E-state index is 0.0626. The molecule has 0 saturated heterocycles. The summed E-state index contributed by atoms with van der Waals surface area (Å²) in [6, 6.07) is 1.62. The Hall–Kier alpha value is -2.05. The number of nitrogens with zero attached hydrogens (tertiary/aromatic N) is 2.